The third kappa shape index (κ3) is 1.81. The maximum Gasteiger partial charge on any atom is 0.0891 e. The lowest BCUT2D eigenvalue weighted by Gasteiger charge is -1.92. The van der Waals surface area contributed by atoms with Crippen molar-refractivity contribution >= 4 is 31.6 Å². The van der Waals surface area contributed by atoms with Crippen LogP contribution in [0.4, 0.5) is 0 Å². The van der Waals surface area contributed by atoms with E-state index in [4.69, 9.17) is 0 Å². The quantitative estimate of drug-likeness (QED) is 0.540. The summed E-state index contributed by atoms with van der Waals surface area (Å²) >= 11 is 1.81. The highest BCUT2D eigenvalue weighted by molar-refractivity contribution is 7.25. The minimum Gasteiger partial charge on any atom is -0.252 e. The van der Waals surface area contributed by atoms with Gasteiger partial charge in [-0.05, 0) is 25.1 Å². The summed E-state index contributed by atoms with van der Waals surface area (Å²) in [6.07, 6.45) is 0. The van der Waals surface area contributed by atoms with Crippen molar-refractivity contribution in [2.75, 3.05) is 0 Å². The molecule has 0 aliphatic heterocycles. The van der Waals surface area contributed by atoms with Gasteiger partial charge in [-0.25, -0.2) is 0 Å². The number of nitrogens with zero attached hydrogens (tertiary/aromatic N) is 1. The topological polar surface area (TPSA) is 12.9 Å². The van der Waals surface area contributed by atoms with Gasteiger partial charge in [-0.3, -0.25) is 4.98 Å². The molecule has 1 aromatic carbocycles. The number of aromatic nitrogens is 1. The van der Waals surface area contributed by atoms with E-state index in [-0.39, 0.29) is 0 Å². The molecule has 82 valence electrons. The van der Waals surface area contributed by atoms with Crippen LogP contribution < -0.4 is 0 Å². The predicted octanol–water partition coefficient (Wildman–Crippen LogP) is 4.78. The first-order valence-corrected chi connectivity index (χ1v) is 6.41. The molecular formula is C14H15NS. The van der Waals surface area contributed by atoms with E-state index in [1.165, 1.54) is 14.8 Å². The molecule has 0 fully saturated rings. The van der Waals surface area contributed by atoms with Gasteiger partial charge in [0.2, 0.25) is 0 Å². The Bertz CT molecular complexity index is 610. The molecule has 3 rings (SSSR count). The van der Waals surface area contributed by atoms with Crippen LogP contribution in [-0.2, 0) is 0 Å². The van der Waals surface area contributed by atoms with E-state index in [0.29, 0.717) is 0 Å². The molecule has 0 atom stereocenters. The first kappa shape index (κ1) is 11.1. The monoisotopic (exact) mass is 229 g/mol. The molecule has 2 heteroatoms. The lowest BCUT2D eigenvalue weighted by atomic mass is 10.2. The molecule has 0 radical (unpaired) electrons. The highest BCUT2D eigenvalue weighted by Crippen LogP contribution is 2.31. The van der Waals surface area contributed by atoms with Gasteiger partial charge in [0.05, 0.1) is 10.2 Å². The molecular weight excluding hydrogens is 214 g/mol. The maximum absolute atomic E-state index is 4.57. The molecule has 3 aromatic rings. The Kier molecular flexibility index (Phi) is 3.20. The highest BCUT2D eigenvalue weighted by atomic mass is 32.1. The van der Waals surface area contributed by atoms with E-state index in [2.05, 4.69) is 41.4 Å². The van der Waals surface area contributed by atoms with Gasteiger partial charge in [0, 0.05) is 15.8 Å². The first-order chi connectivity index (χ1) is 7.84. The molecule has 0 N–H and O–H groups in total. The summed E-state index contributed by atoms with van der Waals surface area (Å²) in [6, 6.07) is 12.7. The largest absolute Gasteiger partial charge is 0.252 e. The second kappa shape index (κ2) is 4.62. The van der Waals surface area contributed by atoms with Crippen molar-refractivity contribution in [1.82, 2.24) is 4.98 Å². The maximum atomic E-state index is 4.57. The van der Waals surface area contributed by atoms with Gasteiger partial charge in [-0.1, -0.05) is 32.0 Å². The number of pyridine rings is 1. The van der Waals surface area contributed by atoms with Gasteiger partial charge in [0.1, 0.15) is 0 Å². The second-order valence-corrected chi connectivity index (χ2v) is 4.48. The summed E-state index contributed by atoms with van der Waals surface area (Å²) < 4.78 is 2.59. The minimum atomic E-state index is 1.08. The van der Waals surface area contributed by atoms with Crippen LogP contribution in [0.2, 0.25) is 0 Å². The third-order valence-electron chi connectivity index (χ3n) is 2.36. The molecule has 0 saturated heterocycles. The molecule has 0 aliphatic rings. The summed E-state index contributed by atoms with van der Waals surface area (Å²) in [5, 5.41) is 1.27. The molecule has 0 amide bonds. The van der Waals surface area contributed by atoms with Crippen LogP contribution in [0.3, 0.4) is 0 Å². The van der Waals surface area contributed by atoms with Gasteiger partial charge < -0.3 is 0 Å². The van der Waals surface area contributed by atoms with Crippen molar-refractivity contribution in [3.63, 3.8) is 0 Å². The Morgan fingerprint density at radius 2 is 1.69 bits per heavy atom. The van der Waals surface area contributed by atoms with Crippen molar-refractivity contribution in [3.8, 4) is 0 Å². The van der Waals surface area contributed by atoms with Crippen LogP contribution in [0.1, 0.15) is 19.5 Å². The summed E-state index contributed by atoms with van der Waals surface area (Å²) in [5.41, 5.74) is 2.23. The fraction of sp³-hybridized carbons (Fsp3) is 0.214. The number of thiophene rings is 1. The van der Waals surface area contributed by atoms with Crippen LogP contribution >= 0.6 is 11.3 Å². The third-order valence-corrected chi connectivity index (χ3v) is 3.48. The molecule has 0 spiro atoms. The Morgan fingerprint density at radius 1 is 0.938 bits per heavy atom. The fourth-order valence-corrected chi connectivity index (χ4v) is 2.74. The highest BCUT2D eigenvalue weighted by Gasteiger charge is 2.04. The summed E-state index contributed by atoms with van der Waals surface area (Å²) in [6.45, 7) is 6.03. The van der Waals surface area contributed by atoms with Gasteiger partial charge in [-0.15, -0.1) is 11.3 Å². The van der Waals surface area contributed by atoms with E-state index in [9.17, 15) is 0 Å². The Labute approximate surface area is 99.8 Å². The normalized spacial score (nSPS) is 10.2. The smallest absolute Gasteiger partial charge is 0.0891 e. The molecule has 0 unspecified atom stereocenters. The number of rotatable bonds is 0. The summed E-state index contributed by atoms with van der Waals surface area (Å²) in [4.78, 5) is 4.57. The fourth-order valence-electron chi connectivity index (χ4n) is 1.69. The standard InChI is InChI=1S/C12H9NS.C2H6/c1-8-6-7-11-12(13-8)9-4-2-3-5-10(9)14-11;1-2/h2-7H,1H3;1-2H3. The molecule has 16 heavy (non-hydrogen) atoms. The number of hydrogen-bond donors (Lipinski definition) is 0. The van der Waals surface area contributed by atoms with Crippen LogP contribution in [0, 0.1) is 6.92 Å². The SMILES string of the molecule is CC.Cc1ccc2sc3ccccc3c2n1. The van der Waals surface area contributed by atoms with Gasteiger partial charge in [0.25, 0.3) is 0 Å². The molecule has 0 aliphatic carbocycles. The average molecular weight is 229 g/mol. The second-order valence-electron chi connectivity index (χ2n) is 3.40. The molecule has 2 aromatic heterocycles. The predicted molar refractivity (Wildman–Crippen MR) is 73.2 cm³/mol. The number of hydrogen-bond acceptors (Lipinski definition) is 2. The summed E-state index contributed by atoms with van der Waals surface area (Å²) in [7, 11) is 0. The van der Waals surface area contributed by atoms with Crippen LogP contribution in [0.5, 0.6) is 0 Å². The van der Waals surface area contributed by atoms with Crippen molar-refractivity contribution in [2.24, 2.45) is 0 Å². The van der Waals surface area contributed by atoms with Crippen molar-refractivity contribution in [1.29, 1.82) is 0 Å². The van der Waals surface area contributed by atoms with Crippen LogP contribution in [0.15, 0.2) is 36.4 Å². The molecule has 0 bridgehead atoms. The van der Waals surface area contributed by atoms with E-state index in [1.54, 1.807) is 0 Å². The van der Waals surface area contributed by atoms with Crippen molar-refractivity contribution in [3.05, 3.63) is 42.1 Å². The Morgan fingerprint density at radius 3 is 2.50 bits per heavy atom. The number of fused-ring (bicyclic) bond motifs is 3. The Balaban J connectivity index is 0.000000457. The Hall–Kier alpha value is -1.41. The number of aryl methyl sites for hydroxylation is 1. The van der Waals surface area contributed by atoms with Gasteiger partial charge >= 0.3 is 0 Å². The summed E-state index contributed by atoms with van der Waals surface area (Å²) in [5.74, 6) is 0. The van der Waals surface area contributed by atoms with E-state index >= 15 is 0 Å². The molecule has 2 heterocycles. The lowest BCUT2D eigenvalue weighted by molar-refractivity contribution is 1.27. The van der Waals surface area contributed by atoms with E-state index < -0.39 is 0 Å². The van der Waals surface area contributed by atoms with E-state index in [0.717, 1.165) is 11.2 Å². The van der Waals surface area contributed by atoms with Crippen LogP contribution in [-0.4, -0.2) is 4.98 Å². The zero-order valence-corrected chi connectivity index (χ0v) is 10.6. The lowest BCUT2D eigenvalue weighted by Crippen LogP contribution is -1.78. The van der Waals surface area contributed by atoms with E-state index in [1.807, 2.05) is 32.1 Å². The van der Waals surface area contributed by atoms with Gasteiger partial charge in [0.15, 0.2) is 0 Å². The van der Waals surface area contributed by atoms with Crippen LogP contribution in [0.25, 0.3) is 20.3 Å². The van der Waals surface area contributed by atoms with Gasteiger partial charge in [-0.2, -0.15) is 0 Å². The minimum absolute atomic E-state index is 1.08. The zero-order chi connectivity index (χ0) is 11.5. The molecule has 0 saturated carbocycles. The van der Waals surface area contributed by atoms with Crippen molar-refractivity contribution in [2.45, 2.75) is 20.8 Å². The molecule has 1 nitrogen and oxygen atoms in total. The zero-order valence-electron chi connectivity index (χ0n) is 9.82. The first-order valence-electron chi connectivity index (χ1n) is 5.59. The van der Waals surface area contributed by atoms with Crippen molar-refractivity contribution < 1.29 is 0 Å². The number of benzene rings is 1. The average Bonchev–Trinajstić information content (AvgIpc) is 2.70.